The van der Waals surface area contributed by atoms with Crippen molar-refractivity contribution in [2.45, 2.75) is 26.7 Å². The molecule has 1 rings (SSSR count). The Labute approximate surface area is 113 Å². The summed E-state index contributed by atoms with van der Waals surface area (Å²) in [4.78, 5) is 15.7. The molecular formula is C13H20ClN3O. The Hall–Kier alpha value is -1.13. The number of hydrogen-bond donors (Lipinski definition) is 2. The number of carbonyl (C=O) groups excluding carboxylic acids is 1. The van der Waals surface area contributed by atoms with Crippen molar-refractivity contribution in [2.24, 2.45) is 17.6 Å². The number of anilines is 1. The van der Waals surface area contributed by atoms with E-state index >= 15 is 0 Å². The van der Waals surface area contributed by atoms with Crippen molar-refractivity contribution in [1.82, 2.24) is 4.98 Å². The van der Waals surface area contributed by atoms with Crippen LogP contribution in [0.4, 0.5) is 5.69 Å². The highest BCUT2D eigenvalue weighted by atomic mass is 35.5. The third-order valence-corrected chi connectivity index (χ3v) is 2.85. The van der Waals surface area contributed by atoms with E-state index in [0.717, 1.165) is 6.42 Å². The molecule has 0 aliphatic carbocycles. The Morgan fingerprint density at radius 1 is 1.50 bits per heavy atom. The molecule has 0 spiro atoms. The van der Waals surface area contributed by atoms with Crippen LogP contribution in [0.3, 0.4) is 0 Å². The second-order valence-corrected chi connectivity index (χ2v) is 5.24. The Morgan fingerprint density at radius 2 is 2.22 bits per heavy atom. The van der Waals surface area contributed by atoms with Gasteiger partial charge in [-0.15, -0.1) is 0 Å². The monoisotopic (exact) mass is 269 g/mol. The van der Waals surface area contributed by atoms with Crippen molar-refractivity contribution in [1.29, 1.82) is 0 Å². The van der Waals surface area contributed by atoms with Gasteiger partial charge in [-0.2, -0.15) is 0 Å². The van der Waals surface area contributed by atoms with E-state index in [2.05, 4.69) is 24.1 Å². The van der Waals surface area contributed by atoms with Crippen molar-refractivity contribution in [3.8, 4) is 0 Å². The SMILES string of the molecule is CC(C)CC(CN)CC(=O)Nc1ccc(Cl)nc1. The first-order valence-corrected chi connectivity index (χ1v) is 6.50. The Balaban J connectivity index is 2.47. The van der Waals surface area contributed by atoms with Crippen molar-refractivity contribution in [2.75, 3.05) is 11.9 Å². The van der Waals surface area contributed by atoms with Crippen molar-refractivity contribution in [3.63, 3.8) is 0 Å². The molecule has 1 amide bonds. The first-order chi connectivity index (χ1) is 8.51. The highest BCUT2D eigenvalue weighted by molar-refractivity contribution is 6.29. The van der Waals surface area contributed by atoms with Crippen LogP contribution in [-0.2, 0) is 4.79 Å². The van der Waals surface area contributed by atoms with Crippen molar-refractivity contribution >= 4 is 23.2 Å². The predicted octanol–water partition coefficient (Wildman–Crippen LogP) is 2.68. The maximum Gasteiger partial charge on any atom is 0.224 e. The summed E-state index contributed by atoms with van der Waals surface area (Å²) in [6.45, 7) is 4.79. The van der Waals surface area contributed by atoms with E-state index in [0.29, 0.717) is 29.7 Å². The van der Waals surface area contributed by atoms with E-state index in [9.17, 15) is 4.79 Å². The van der Waals surface area contributed by atoms with Crippen LogP contribution in [0, 0.1) is 11.8 Å². The number of halogens is 1. The normalized spacial score (nSPS) is 12.5. The van der Waals surface area contributed by atoms with Crippen LogP contribution < -0.4 is 11.1 Å². The highest BCUT2D eigenvalue weighted by Crippen LogP contribution is 2.16. The number of nitrogens with one attached hydrogen (secondary N) is 1. The molecule has 0 aliphatic rings. The number of carbonyl (C=O) groups is 1. The minimum atomic E-state index is -0.0322. The van der Waals surface area contributed by atoms with Gasteiger partial charge in [0.2, 0.25) is 5.91 Å². The first-order valence-electron chi connectivity index (χ1n) is 6.12. The summed E-state index contributed by atoms with van der Waals surface area (Å²) < 4.78 is 0. The average Bonchev–Trinajstić information content (AvgIpc) is 2.30. The number of amides is 1. The average molecular weight is 270 g/mol. The number of pyridine rings is 1. The van der Waals surface area contributed by atoms with E-state index in [-0.39, 0.29) is 11.8 Å². The first kappa shape index (κ1) is 14.9. The van der Waals surface area contributed by atoms with Crippen LogP contribution in [0.25, 0.3) is 0 Å². The highest BCUT2D eigenvalue weighted by Gasteiger charge is 2.14. The van der Waals surface area contributed by atoms with Crippen LogP contribution >= 0.6 is 11.6 Å². The molecule has 4 nitrogen and oxygen atoms in total. The number of aromatic nitrogens is 1. The van der Waals surface area contributed by atoms with E-state index in [1.165, 1.54) is 0 Å². The molecule has 100 valence electrons. The van der Waals surface area contributed by atoms with Gasteiger partial charge >= 0.3 is 0 Å². The van der Waals surface area contributed by atoms with Gasteiger partial charge in [-0.05, 0) is 36.9 Å². The molecule has 0 fully saturated rings. The largest absolute Gasteiger partial charge is 0.330 e. The lowest BCUT2D eigenvalue weighted by Crippen LogP contribution is -2.23. The Kier molecular flexibility index (Phi) is 6.09. The van der Waals surface area contributed by atoms with Crippen LogP contribution in [0.2, 0.25) is 5.15 Å². The zero-order valence-electron chi connectivity index (χ0n) is 10.8. The smallest absolute Gasteiger partial charge is 0.224 e. The van der Waals surface area contributed by atoms with E-state index < -0.39 is 0 Å². The summed E-state index contributed by atoms with van der Waals surface area (Å²) >= 11 is 5.67. The minimum Gasteiger partial charge on any atom is -0.330 e. The molecule has 18 heavy (non-hydrogen) atoms. The third kappa shape index (κ3) is 5.47. The molecule has 0 saturated heterocycles. The molecule has 5 heteroatoms. The lowest BCUT2D eigenvalue weighted by atomic mass is 9.94. The molecular weight excluding hydrogens is 250 g/mol. The van der Waals surface area contributed by atoms with Gasteiger partial charge < -0.3 is 11.1 Å². The molecule has 1 unspecified atom stereocenters. The van der Waals surface area contributed by atoms with E-state index in [4.69, 9.17) is 17.3 Å². The molecule has 0 radical (unpaired) electrons. The van der Waals surface area contributed by atoms with Gasteiger partial charge in [-0.25, -0.2) is 4.98 Å². The van der Waals surface area contributed by atoms with Gasteiger partial charge in [0.05, 0.1) is 11.9 Å². The second-order valence-electron chi connectivity index (χ2n) is 4.85. The van der Waals surface area contributed by atoms with Crippen LogP contribution in [0.5, 0.6) is 0 Å². The molecule has 1 atom stereocenters. The van der Waals surface area contributed by atoms with Crippen LogP contribution in [-0.4, -0.2) is 17.4 Å². The lowest BCUT2D eigenvalue weighted by molar-refractivity contribution is -0.117. The molecule has 3 N–H and O–H groups in total. The molecule has 0 bridgehead atoms. The summed E-state index contributed by atoms with van der Waals surface area (Å²) in [6, 6.07) is 3.37. The summed E-state index contributed by atoms with van der Waals surface area (Å²) in [5, 5.41) is 3.20. The molecule has 1 aromatic heterocycles. The summed E-state index contributed by atoms with van der Waals surface area (Å²) in [7, 11) is 0. The van der Waals surface area contributed by atoms with Crippen molar-refractivity contribution < 1.29 is 4.79 Å². The van der Waals surface area contributed by atoms with Gasteiger partial charge in [-0.1, -0.05) is 25.4 Å². The van der Waals surface area contributed by atoms with Gasteiger partial charge in [0.15, 0.2) is 0 Å². The molecule has 0 saturated carbocycles. The van der Waals surface area contributed by atoms with Gasteiger partial charge in [0.1, 0.15) is 5.15 Å². The van der Waals surface area contributed by atoms with Gasteiger partial charge in [-0.3, -0.25) is 4.79 Å². The maximum absolute atomic E-state index is 11.8. The number of nitrogens with zero attached hydrogens (tertiary/aromatic N) is 1. The number of rotatable bonds is 6. The molecule has 0 aliphatic heterocycles. The summed E-state index contributed by atoms with van der Waals surface area (Å²) in [6.07, 6.45) is 2.94. The quantitative estimate of drug-likeness (QED) is 0.780. The fourth-order valence-electron chi connectivity index (χ4n) is 1.85. The summed E-state index contributed by atoms with van der Waals surface area (Å²) in [5.74, 6) is 0.740. The zero-order chi connectivity index (χ0) is 13.5. The fraction of sp³-hybridized carbons (Fsp3) is 0.538. The topological polar surface area (TPSA) is 68.0 Å². The molecule has 1 aromatic rings. The minimum absolute atomic E-state index is 0.0322. The van der Waals surface area contributed by atoms with E-state index in [1.54, 1.807) is 18.3 Å². The van der Waals surface area contributed by atoms with Crippen LogP contribution in [0.15, 0.2) is 18.3 Å². The second kappa shape index (κ2) is 7.34. The van der Waals surface area contributed by atoms with Gasteiger partial charge in [0.25, 0.3) is 0 Å². The van der Waals surface area contributed by atoms with Crippen LogP contribution in [0.1, 0.15) is 26.7 Å². The standard InChI is InChI=1S/C13H20ClN3O/c1-9(2)5-10(7-15)6-13(18)17-11-3-4-12(14)16-8-11/h3-4,8-10H,5-7,15H2,1-2H3,(H,17,18). The summed E-state index contributed by atoms with van der Waals surface area (Å²) in [5.41, 5.74) is 6.33. The zero-order valence-corrected chi connectivity index (χ0v) is 11.6. The predicted molar refractivity (Wildman–Crippen MR) is 74.5 cm³/mol. The van der Waals surface area contributed by atoms with Crippen molar-refractivity contribution in [3.05, 3.63) is 23.5 Å². The van der Waals surface area contributed by atoms with Gasteiger partial charge in [0, 0.05) is 6.42 Å². The Bertz CT molecular complexity index is 378. The number of nitrogens with two attached hydrogens (primary N) is 1. The maximum atomic E-state index is 11.8. The third-order valence-electron chi connectivity index (χ3n) is 2.62. The lowest BCUT2D eigenvalue weighted by Gasteiger charge is -2.16. The van der Waals surface area contributed by atoms with E-state index in [1.807, 2.05) is 0 Å². The fourth-order valence-corrected chi connectivity index (χ4v) is 1.97. The molecule has 0 aromatic carbocycles. The molecule has 1 heterocycles. The number of hydrogen-bond acceptors (Lipinski definition) is 3. The Morgan fingerprint density at radius 3 is 2.72 bits per heavy atom.